The third kappa shape index (κ3) is 74.5. The van der Waals surface area contributed by atoms with Gasteiger partial charge in [-0.25, -0.2) is 0 Å². The maximum absolute atomic E-state index is 12.9. The monoisotopic (exact) mass is 1290 g/mol. The first-order valence-electron chi connectivity index (χ1n) is 39.0. The summed E-state index contributed by atoms with van der Waals surface area (Å²) in [5.74, 6) is 1.86. The number of rotatable bonds is 73. The second kappa shape index (κ2) is 78.9. The van der Waals surface area contributed by atoms with Crippen LogP contribution in [0.25, 0.3) is 0 Å². The van der Waals surface area contributed by atoms with Gasteiger partial charge in [-0.05, 0) is 180 Å². The molecule has 0 unspecified atom stereocenters. The fourth-order valence-corrected chi connectivity index (χ4v) is 13.2. The van der Waals surface area contributed by atoms with Crippen LogP contribution in [0.5, 0.6) is 0 Å². The number of unbranched alkanes of at least 4 members (excludes halogenated alkanes) is 36. The Morgan fingerprint density at radius 3 is 0.678 bits per heavy atom. The first-order valence-corrected chi connectivity index (χ1v) is 41.5. The Labute approximate surface area is 569 Å². The van der Waals surface area contributed by atoms with E-state index in [9.17, 15) is 9.59 Å². The molecule has 0 aliphatic rings. The summed E-state index contributed by atoms with van der Waals surface area (Å²) in [6.45, 7) is 17.0. The minimum Gasteiger partial charge on any atom is -0.355 e. The molecule has 522 valence electrons. The maximum Gasteiger partial charge on any atom is 0.220 e. The normalized spacial score (nSPS) is 12.5. The molecular formula is C82H150N4O2S2. The van der Waals surface area contributed by atoms with Gasteiger partial charge in [-0.15, -0.1) is 0 Å². The van der Waals surface area contributed by atoms with Crippen molar-refractivity contribution in [3.63, 3.8) is 0 Å². The van der Waals surface area contributed by atoms with E-state index in [2.05, 4.69) is 145 Å². The maximum atomic E-state index is 12.9. The number of nitrogens with zero attached hydrogens (tertiary/aromatic N) is 2. The molecular weight excluding hydrogens is 1140 g/mol. The van der Waals surface area contributed by atoms with E-state index in [0.29, 0.717) is 12.8 Å². The van der Waals surface area contributed by atoms with Crippen LogP contribution >= 0.6 is 21.6 Å². The van der Waals surface area contributed by atoms with Crippen molar-refractivity contribution in [2.45, 2.75) is 349 Å². The number of hydrogen-bond donors (Lipinski definition) is 2. The Balaban J connectivity index is 4.69. The third-order valence-electron chi connectivity index (χ3n) is 17.1. The number of allylic oxidation sites excluding steroid dienone is 16. The predicted molar refractivity (Wildman–Crippen MR) is 410 cm³/mol. The summed E-state index contributed by atoms with van der Waals surface area (Å²) >= 11 is 0. The predicted octanol–water partition coefficient (Wildman–Crippen LogP) is 25.2. The second-order valence-electron chi connectivity index (χ2n) is 25.9. The minimum atomic E-state index is 0.152. The summed E-state index contributed by atoms with van der Waals surface area (Å²) in [6.07, 6.45) is 100. The summed E-state index contributed by atoms with van der Waals surface area (Å²) in [7, 11) is 3.46. The van der Waals surface area contributed by atoms with Gasteiger partial charge in [0.05, 0.1) is 0 Å². The average Bonchev–Trinajstić information content (AvgIpc) is 3.62. The molecule has 0 saturated heterocycles. The molecule has 0 atom stereocenters. The first-order chi connectivity index (χ1) is 44.6. The van der Waals surface area contributed by atoms with Crippen LogP contribution in [0.1, 0.15) is 349 Å². The highest BCUT2D eigenvalue weighted by atomic mass is 33.1. The molecule has 2 N–H and O–H groups in total. The van der Waals surface area contributed by atoms with Crippen LogP contribution in [-0.2, 0) is 9.59 Å². The van der Waals surface area contributed by atoms with Gasteiger partial charge in [0.2, 0.25) is 11.8 Å². The van der Waals surface area contributed by atoms with Crippen LogP contribution in [0.2, 0.25) is 0 Å². The summed E-state index contributed by atoms with van der Waals surface area (Å²) in [5.41, 5.74) is 0. The van der Waals surface area contributed by atoms with E-state index in [4.69, 9.17) is 0 Å². The van der Waals surface area contributed by atoms with Crippen molar-refractivity contribution in [2.75, 3.05) is 63.9 Å². The van der Waals surface area contributed by atoms with E-state index in [1.165, 1.54) is 283 Å². The summed E-state index contributed by atoms with van der Waals surface area (Å²) < 4.78 is 0. The smallest absolute Gasteiger partial charge is 0.220 e. The van der Waals surface area contributed by atoms with Gasteiger partial charge in [-0.2, -0.15) is 0 Å². The van der Waals surface area contributed by atoms with Crippen LogP contribution in [0, 0.1) is 0 Å². The molecule has 8 heteroatoms. The summed E-state index contributed by atoms with van der Waals surface area (Å²) in [4.78, 5) is 31.1. The van der Waals surface area contributed by atoms with Gasteiger partial charge in [0.1, 0.15) is 0 Å². The van der Waals surface area contributed by atoms with E-state index in [-0.39, 0.29) is 11.8 Å². The van der Waals surface area contributed by atoms with Crippen molar-refractivity contribution < 1.29 is 9.59 Å². The molecule has 0 aliphatic carbocycles. The van der Waals surface area contributed by atoms with Crippen molar-refractivity contribution in [2.24, 2.45) is 0 Å². The highest BCUT2D eigenvalue weighted by Crippen LogP contribution is 2.23. The number of hydrogen-bond acceptors (Lipinski definition) is 6. The fourth-order valence-electron chi connectivity index (χ4n) is 11.2. The van der Waals surface area contributed by atoms with Crippen molar-refractivity contribution in [1.82, 2.24) is 20.4 Å². The second-order valence-corrected chi connectivity index (χ2v) is 28.6. The zero-order valence-corrected chi connectivity index (χ0v) is 61.8. The van der Waals surface area contributed by atoms with Gasteiger partial charge in [0, 0.05) is 50.5 Å². The van der Waals surface area contributed by atoms with E-state index < -0.39 is 0 Å². The average molecular weight is 1290 g/mol. The van der Waals surface area contributed by atoms with Gasteiger partial charge >= 0.3 is 0 Å². The Hall–Kier alpha value is -2.52. The van der Waals surface area contributed by atoms with Crippen LogP contribution in [0.15, 0.2) is 97.2 Å². The molecule has 0 saturated carbocycles. The Bertz CT molecular complexity index is 1480. The number of nitrogens with one attached hydrogen (secondary N) is 2. The molecule has 0 radical (unpaired) electrons. The van der Waals surface area contributed by atoms with Crippen LogP contribution in [0.4, 0.5) is 0 Å². The molecule has 0 aromatic carbocycles. The first kappa shape index (κ1) is 87.5. The number of amides is 2. The van der Waals surface area contributed by atoms with E-state index in [1.807, 2.05) is 0 Å². The van der Waals surface area contributed by atoms with Crippen molar-refractivity contribution in [1.29, 1.82) is 0 Å². The van der Waals surface area contributed by atoms with Gasteiger partial charge in [0.25, 0.3) is 0 Å². The Kier molecular flexibility index (Phi) is 76.7. The molecule has 0 fully saturated rings. The lowest BCUT2D eigenvalue weighted by Crippen LogP contribution is -2.36. The largest absolute Gasteiger partial charge is 0.355 e. The Morgan fingerprint density at radius 1 is 0.256 bits per heavy atom. The quantitative estimate of drug-likeness (QED) is 0.0359. The van der Waals surface area contributed by atoms with E-state index in [1.54, 1.807) is 21.6 Å². The van der Waals surface area contributed by atoms with Gasteiger partial charge in [-0.1, -0.05) is 301 Å². The lowest BCUT2D eigenvalue weighted by atomic mass is 10.1. The molecule has 0 aromatic heterocycles. The lowest BCUT2D eigenvalue weighted by Gasteiger charge is -2.22. The fraction of sp³-hybridized carbons (Fsp3) is 0.780. The zero-order valence-electron chi connectivity index (χ0n) is 60.2. The van der Waals surface area contributed by atoms with Gasteiger partial charge in [-0.3, -0.25) is 9.59 Å². The molecule has 0 heterocycles. The van der Waals surface area contributed by atoms with E-state index >= 15 is 0 Å². The van der Waals surface area contributed by atoms with Crippen LogP contribution < -0.4 is 10.6 Å². The molecule has 2 amide bonds. The van der Waals surface area contributed by atoms with Gasteiger partial charge in [0.15, 0.2) is 0 Å². The SMILES string of the molecule is CCCCC/C=C\C/C=C\CCCCCCCCN(CCCCCCCC/C=C\C/C=C\CCCCC)CCNC(=O)CCSSCCC(=O)NCCN(CCCCCCCC/C=C\C/C=C\CCCCC)CCCCCCCC/C=C\C/C=C\CCCCC. The van der Waals surface area contributed by atoms with Crippen molar-refractivity contribution in [3.8, 4) is 0 Å². The molecule has 90 heavy (non-hydrogen) atoms. The standard InChI is InChI=1S/C82H150N4O2S2/c1-5-9-13-17-21-25-29-33-37-41-45-49-53-57-61-65-73-85(74-66-62-58-54-50-46-42-38-34-30-26-22-18-14-10-6-2)77-71-83-81(87)69-79-89-90-80-70-82(88)84-72-78-86(75-67-63-59-55-51-47-43-39-35-31-27-23-19-15-11-7-3)76-68-64-60-56-52-48-44-40-36-32-28-24-20-16-12-8-4/h21-28,33-40H,5-20,29-32,41-80H2,1-4H3,(H,83,87)(H,84,88)/b25-21-,26-22-,27-23-,28-24-,37-33-,38-34-,39-35-,40-36-. The van der Waals surface area contributed by atoms with Crippen molar-refractivity contribution >= 4 is 33.4 Å². The minimum absolute atomic E-state index is 0.152. The lowest BCUT2D eigenvalue weighted by molar-refractivity contribution is -0.121. The molecule has 0 aromatic rings. The topological polar surface area (TPSA) is 64.7 Å². The summed E-state index contributed by atoms with van der Waals surface area (Å²) in [6, 6.07) is 0. The van der Waals surface area contributed by atoms with Gasteiger partial charge < -0.3 is 20.4 Å². The number of carbonyl (C=O) groups is 2. The molecule has 0 aliphatic heterocycles. The molecule has 0 rings (SSSR count). The number of carbonyl (C=O) groups excluding carboxylic acids is 2. The highest BCUT2D eigenvalue weighted by molar-refractivity contribution is 8.76. The van der Waals surface area contributed by atoms with Crippen molar-refractivity contribution in [3.05, 3.63) is 97.2 Å². The van der Waals surface area contributed by atoms with Crippen LogP contribution in [0.3, 0.4) is 0 Å². The molecule has 0 spiro atoms. The molecule has 0 bridgehead atoms. The molecule has 6 nitrogen and oxygen atoms in total. The summed E-state index contributed by atoms with van der Waals surface area (Å²) in [5, 5.41) is 6.50. The van der Waals surface area contributed by atoms with Crippen LogP contribution in [-0.4, -0.2) is 85.5 Å². The zero-order chi connectivity index (χ0) is 64.9. The third-order valence-corrected chi connectivity index (χ3v) is 19.5. The Morgan fingerprint density at radius 2 is 0.456 bits per heavy atom. The highest BCUT2D eigenvalue weighted by Gasteiger charge is 2.10. The van der Waals surface area contributed by atoms with E-state index in [0.717, 1.165) is 89.5 Å².